The van der Waals surface area contributed by atoms with E-state index in [9.17, 15) is 8.78 Å². The number of rotatable bonds is 7. The minimum atomic E-state index is -0.464. The Kier molecular flexibility index (Phi) is 6.65. The Bertz CT molecular complexity index is 359. The Balaban J connectivity index is 2.77. The zero-order valence-electron chi connectivity index (χ0n) is 11.0. The Hall–Kier alpha value is -0.610. The first-order chi connectivity index (χ1) is 8.58. The minimum Gasteiger partial charge on any atom is -0.327 e. The van der Waals surface area contributed by atoms with Crippen molar-refractivity contribution in [2.75, 3.05) is 5.75 Å². The third-order valence-electron chi connectivity index (χ3n) is 2.82. The predicted molar refractivity (Wildman–Crippen MR) is 74.0 cm³/mol. The van der Waals surface area contributed by atoms with Crippen LogP contribution in [0.4, 0.5) is 8.78 Å². The summed E-state index contributed by atoms with van der Waals surface area (Å²) in [4.78, 5) is 0.136. The van der Waals surface area contributed by atoms with Crippen molar-refractivity contribution in [1.29, 1.82) is 0 Å². The first-order valence-electron chi connectivity index (χ1n) is 6.44. The van der Waals surface area contributed by atoms with Crippen LogP contribution in [0.1, 0.15) is 38.7 Å². The highest BCUT2D eigenvalue weighted by atomic mass is 32.2. The third kappa shape index (κ3) is 4.58. The summed E-state index contributed by atoms with van der Waals surface area (Å²) in [6.45, 7) is 4.02. The molecule has 0 aliphatic rings. The van der Waals surface area contributed by atoms with E-state index in [-0.39, 0.29) is 10.9 Å². The lowest BCUT2D eigenvalue weighted by atomic mass is 10.0. The molecule has 0 aromatic heterocycles. The van der Waals surface area contributed by atoms with Gasteiger partial charge in [-0.05, 0) is 42.7 Å². The number of hydrogen-bond donors (Lipinski definition) is 1. The number of thioether (sulfide) groups is 1. The van der Waals surface area contributed by atoms with Gasteiger partial charge in [-0.15, -0.1) is 11.8 Å². The quantitative estimate of drug-likeness (QED) is 0.597. The van der Waals surface area contributed by atoms with Gasteiger partial charge >= 0.3 is 0 Å². The number of benzene rings is 1. The number of nitrogens with two attached hydrogens (primary N) is 1. The Morgan fingerprint density at radius 1 is 1.22 bits per heavy atom. The molecule has 0 saturated carbocycles. The van der Waals surface area contributed by atoms with Crippen LogP contribution in [0.25, 0.3) is 0 Å². The fraction of sp³-hybridized carbons (Fsp3) is 0.571. The first-order valence-corrected chi connectivity index (χ1v) is 7.43. The Morgan fingerprint density at radius 2 is 1.83 bits per heavy atom. The number of hydrogen-bond acceptors (Lipinski definition) is 2. The van der Waals surface area contributed by atoms with Crippen molar-refractivity contribution < 1.29 is 8.78 Å². The summed E-state index contributed by atoms with van der Waals surface area (Å²) in [7, 11) is 0. The van der Waals surface area contributed by atoms with E-state index < -0.39 is 11.6 Å². The van der Waals surface area contributed by atoms with Gasteiger partial charge in [-0.25, -0.2) is 8.78 Å². The summed E-state index contributed by atoms with van der Waals surface area (Å²) in [5, 5.41) is 0. The topological polar surface area (TPSA) is 26.0 Å². The zero-order chi connectivity index (χ0) is 13.5. The van der Waals surface area contributed by atoms with Gasteiger partial charge < -0.3 is 5.73 Å². The molecule has 102 valence electrons. The van der Waals surface area contributed by atoms with Crippen molar-refractivity contribution in [1.82, 2.24) is 0 Å². The second-order valence-corrected chi connectivity index (χ2v) is 5.57. The van der Waals surface area contributed by atoms with E-state index in [1.54, 1.807) is 0 Å². The van der Waals surface area contributed by atoms with Crippen molar-refractivity contribution in [3.05, 3.63) is 29.3 Å². The van der Waals surface area contributed by atoms with E-state index >= 15 is 0 Å². The Morgan fingerprint density at radius 3 is 2.33 bits per heavy atom. The molecule has 0 saturated heterocycles. The van der Waals surface area contributed by atoms with E-state index in [1.165, 1.54) is 23.9 Å². The molecule has 18 heavy (non-hydrogen) atoms. The highest BCUT2D eigenvalue weighted by molar-refractivity contribution is 7.99. The lowest BCUT2D eigenvalue weighted by Gasteiger charge is -2.11. The molecule has 1 rings (SSSR count). The van der Waals surface area contributed by atoms with Crippen LogP contribution in [0.2, 0.25) is 0 Å². The molecule has 1 atom stereocenters. The summed E-state index contributed by atoms with van der Waals surface area (Å²) >= 11 is 1.25. The SMILES string of the molecule is CCCCSc1c(F)cc(CC(N)CC)cc1F. The molecule has 0 aliphatic carbocycles. The average molecular weight is 273 g/mol. The van der Waals surface area contributed by atoms with Crippen molar-refractivity contribution in [3.63, 3.8) is 0 Å². The summed E-state index contributed by atoms with van der Waals surface area (Å²) in [6, 6.07) is 2.78. The molecule has 0 bridgehead atoms. The summed E-state index contributed by atoms with van der Waals surface area (Å²) < 4.78 is 27.6. The van der Waals surface area contributed by atoms with Gasteiger partial charge in [-0.1, -0.05) is 20.3 Å². The van der Waals surface area contributed by atoms with Crippen LogP contribution in [-0.2, 0) is 6.42 Å². The van der Waals surface area contributed by atoms with Crippen LogP contribution in [-0.4, -0.2) is 11.8 Å². The maximum atomic E-state index is 13.8. The predicted octanol–water partition coefficient (Wildman–Crippen LogP) is 4.14. The molecule has 0 heterocycles. The van der Waals surface area contributed by atoms with Crippen molar-refractivity contribution in [3.8, 4) is 0 Å². The average Bonchev–Trinajstić information content (AvgIpc) is 2.32. The van der Waals surface area contributed by atoms with Crippen LogP contribution in [0, 0.1) is 11.6 Å². The standard InChI is InChI=1S/C14H21F2NS/c1-3-5-6-18-14-12(15)8-10(9-13(14)16)7-11(17)4-2/h8-9,11H,3-7,17H2,1-2H3. The monoisotopic (exact) mass is 273 g/mol. The summed E-state index contributed by atoms with van der Waals surface area (Å²) in [6.07, 6.45) is 3.31. The zero-order valence-corrected chi connectivity index (χ0v) is 11.8. The van der Waals surface area contributed by atoms with Gasteiger partial charge in [0.15, 0.2) is 0 Å². The minimum absolute atomic E-state index is 0.0394. The van der Waals surface area contributed by atoms with Crippen molar-refractivity contribution in [2.45, 2.75) is 50.5 Å². The first kappa shape index (κ1) is 15.4. The molecule has 1 nitrogen and oxygen atoms in total. The second kappa shape index (κ2) is 7.74. The molecule has 1 aromatic carbocycles. The lowest BCUT2D eigenvalue weighted by molar-refractivity contribution is 0.533. The molecule has 4 heteroatoms. The van der Waals surface area contributed by atoms with Gasteiger partial charge in [0, 0.05) is 6.04 Å². The van der Waals surface area contributed by atoms with Gasteiger partial charge in [-0.3, -0.25) is 0 Å². The molecular weight excluding hydrogens is 252 g/mol. The third-order valence-corrected chi connectivity index (χ3v) is 4.00. The molecule has 0 spiro atoms. The highest BCUT2D eigenvalue weighted by Gasteiger charge is 2.12. The smallest absolute Gasteiger partial charge is 0.140 e. The fourth-order valence-electron chi connectivity index (χ4n) is 1.63. The van der Waals surface area contributed by atoms with Crippen LogP contribution < -0.4 is 5.73 Å². The van der Waals surface area contributed by atoms with Crippen LogP contribution in [0.5, 0.6) is 0 Å². The maximum absolute atomic E-state index is 13.8. The van der Waals surface area contributed by atoms with Crippen molar-refractivity contribution in [2.24, 2.45) is 5.73 Å². The second-order valence-electron chi connectivity index (χ2n) is 4.46. The van der Waals surface area contributed by atoms with Crippen LogP contribution in [0.15, 0.2) is 17.0 Å². The normalized spacial score (nSPS) is 12.7. The molecular formula is C14H21F2NS. The molecule has 0 aliphatic heterocycles. The lowest BCUT2D eigenvalue weighted by Crippen LogP contribution is -2.21. The molecule has 0 amide bonds. The van der Waals surface area contributed by atoms with E-state index in [0.717, 1.165) is 25.0 Å². The molecule has 2 N–H and O–H groups in total. The Labute approximate surface area is 112 Å². The van der Waals surface area contributed by atoms with Crippen LogP contribution in [0.3, 0.4) is 0 Å². The fourth-order valence-corrected chi connectivity index (χ4v) is 2.66. The van der Waals surface area contributed by atoms with E-state index in [2.05, 4.69) is 6.92 Å². The van der Waals surface area contributed by atoms with E-state index in [0.29, 0.717) is 12.0 Å². The molecule has 0 fully saturated rings. The maximum Gasteiger partial charge on any atom is 0.140 e. The molecule has 1 unspecified atom stereocenters. The summed E-state index contributed by atoms with van der Waals surface area (Å²) in [5.74, 6) is -0.179. The van der Waals surface area contributed by atoms with E-state index in [4.69, 9.17) is 5.73 Å². The highest BCUT2D eigenvalue weighted by Crippen LogP contribution is 2.27. The molecule has 1 aromatic rings. The van der Waals surface area contributed by atoms with Gasteiger partial charge in [0.2, 0.25) is 0 Å². The van der Waals surface area contributed by atoms with Gasteiger partial charge in [0.25, 0.3) is 0 Å². The van der Waals surface area contributed by atoms with Gasteiger partial charge in [0.1, 0.15) is 11.6 Å². The van der Waals surface area contributed by atoms with Gasteiger partial charge in [-0.2, -0.15) is 0 Å². The van der Waals surface area contributed by atoms with Crippen molar-refractivity contribution >= 4 is 11.8 Å². The molecule has 0 radical (unpaired) electrons. The number of halogens is 2. The van der Waals surface area contributed by atoms with Crippen LogP contribution >= 0.6 is 11.8 Å². The van der Waals surface area contributed by atoms with Gasteiger partial charge in [0.05, 0.1) is 4.90 Å². The number of unbranched alkanes of at least 4 members (excludes halogenated alkanes) is 1. The largest absolute Gasteiger partial charge is 0.327 e. The van der Waals surface area contributed by atoms with E-state index in [1.807, 2.05) is 6.92 Å². The summed E-state index contributed by atoms with van der Waals surface area (Å²) in [5.41, 5.74) is 6.43.